The van der Waals surface area contributed by atoms with Crippen LogP contribution in [0.5, 0.6) is 0 Å². The van der Waals surface area contributed by atoms with E-state index in [-0.39, 0.29) is 12.0 Å². The number of rotatable bonds is 8. The predicted molar refractivity (Wildman–Crippen MR) is 113 cm³/mol. The lowest BCUT2D eigenvalue weighted by Crippen LogP contribution is -2.17. The fourth-order valence-electron chi connectivity index (χ4n) is 3.20. The highest BCUT2D eigenvalue weighted by Gasteiger charge is 2.24. The monoisotopic (exact) mass is 420 g/mol. The number of aliphatic hydroxyl groups excluding tert-OH is 1. The molecule has 5 nitrogen and oxygen atoms in total. The van der Waals surface area contributed by atoms with Crippen LogP contribution < -0.4 is 0 Å². The molecule has 2 atom stereocenters. The number of carboxylic acids is 1. The standard InChI is InChI=1S/C22H26FO5P/c1-14-9-15(2)19(20(10-14)17-5-6-21(23)16(3)11-17)7-8-29(27,28-4)13-18(24)12-22(25)26/h5-11,18,24H,12-13H2,1-4H3,(H,25,26)/t18-,29?/m0/s1. The van der Waals surface area contributed by atoms with Crippen LogP contribution in [0.4, 0.5) is 4.39 Å². The van der Waals surface area contributed by atoms with Gasteiger partial charge in [-0.3, -0.25) is 9.36 Å². The van der Waals surface area contributed by atoms with Crippen LogP contribution in [0.25, 0.3) is 17.2 Å². The van der Waals surface area contributed by atoms with Crippen LogP contribution >= 0.6 is 7.37 Å². The number of aliphatic hydroxyl groups is 1. The third kappa shape index (κ3) is 6.10. The van der Waals surface area contributed by atoms with E-state index >= 15 is 0 Å². The summed E-state index contributed by atoms with van der Waals surface area (Å²) in [5.41, 5.74) is 4.97. The molecule has 156 valence electrons. The Bertz CT molecular complexity index is 983. The highest BCUT2D eigenvalue weighted by atomic mass is 31.2. The fraction of sp³-hybridized carbons (Fsp3) is 0.318. The Morgan fingerprint density at radius 1 is 1.21 bits per heavy atom. The topological polar surface area (TPSA) is 83.8 Å². The van der Waals surface area contributed by atoms with E-state index < -0.39 is 25.9 Å². The summed E-state index contributed by atoms with van der Waals surface area (Å²) < 4.78 is 31.8. The highest BCUT2D eigenvalue weighted by molar-refractivity contribution is 7.62. The van der Waals surface area contributed by atoms with E-state index in [0.717, 1.165) is 27.8 Å². The van der Waals surface area contributed by atoms with Crippen molar-refractivity contribution in [3.8, 4) is 11.1 Å². The van der Waals surface area contributed by atoms with Crippen molar-refractivity contribution in [2.24, 2.45) is 0 Å². The summed E-state index contributed by atoms with van der Waals surface area (Å²) in [6.45, 7) is 5.58. The maximum Gasteiger partial charge on any atom is 0.305 e. The van der Waals surface area contributed by atoms with Crippen LogP contribution in [0, 0.1) is 26.6 Å². The van der Waals surface area contributed by atoms with E-state index in [1.54, 1.807) is 25.1 Å². The molecule has 0 spiro atoms. The molecule has 2 aromatic rings. The molecule has 0 heterocycles. The zero-order chi connectivity index (χ0) is 21.8. The number of carboxylic acid groups (broad SMARTS) is 1. The minimum absolute atomic E-state index is 0.286. The van der Waals surface area contributed by atoms with Crippen molar-refractivity contribution in [2.45, 2.75) is 33.3 Å². The van der Waals surface area contributed by atoms with Crippen molar-refractivity contribution < 1.29 is 28.5 Å². The average Bonchev–Trinajstić information content (AvgIpc) is 2.62. The van der Waals surface area contributed by atoms with E-state index in [0.29, 0.717) is 5.56 Å². The lowest BCUT2D eigenvalue weighted by Gasteiger charge is -2.17. The van der Waals surface area contributed by atoms with Gasteiger partial charge in [-0.2, -0.15) is 0 Å². The van der Waals surface area contributed by atoms with Crippen LogP contribution in [0.3, 0.4) is 0 Å². The largest absolute Gasteiger partial charge is 0.481 e. The normalized spacial score (nSPS) is 14.7. The summed E-state index contributed by atoms with van der Waals surface area (Å²) in [6.07, 6.45) is -0.408. The first kappa shape index (κ1) is 23.0. The Morgan fingerprint density at radius 3 is 2.48 bits per heavy atom. The smallest absolute Gasteiger partial charge is 0.305 e. The molecule has 1 unspecified atom stereocenters. The molecule has 0 amide bonds. The molecule has 0 aliphatic rings. The van der Waals surface area contributed by atoms with Gasteiger partial charge in [0.1, 0.15) is 5.82 Å². The summed E-state index contributed by atoms with van der Waals surface area (Å²) >= 11 is 0. The third-order valence-electron chi connectivity index (χ3n) is 4.65. The lowest BCUT2D eigenvalue weighted by molar-refractivity contribution is -0.138. The van der Waals surface area contributed by atoms with E-state index in [1.807, 2.05) is 26.0 Å². The molecule has 0 saturated carbocycles. The summed E-state index contributed by atoms with van der Waals surface area (Å²) in [7, 11) is -2.12. The first-order chi connectivity index (χ1) is 13.5. The minimum atomic E-state index is -3.39. The van der Waals surface area contributed by atoms with Crippen molar-refractivity contribution in [3.05, 3.63) is 64.2 Å². The van der Waals surface area contributed by atoms with Crippen molar-refractivity contribution in [1.82, 2.24) is 0 Å². The molecule has 0 radical (unpaired) electrons. The molecule has 0 saturated heterocycles. The molecule has 0 bridgehead atoms. The van der Waals surface area contributed by atoms with E-state index in [1.165, 1.54) is 19.0 Å². The van der Waals surface area contributed by atoms with Crippen LogP contribution in [0.1, 0.15) is 28.7 Å². The van der Waals surface area contributed by atoms with Gasteiger partial charge in [0.25, 0.3) is 0 Å². The van der Waals surface area contributed by atoms with Gasteiger partial charge in [-0.1, -0.05) is 23.8 Å². The SMILES string of the molecule is COP(=O)(C=Cc1c(C)cc(C)cc1-c1ccc(F)c(C)c1)C[C@@H](O)CC(=O)O. The second-order valence-corrected chi connectivity index (χ2v) is 9.65. The second kappa shape index (κ2) is 9.49. The molecule has 2 aromatic carbocycles. The molecule has 0 aromatic heterocycles. The van der Waals surface area contributed by atoms with E-state index in [9.17, 15) is 18.9 Å². The van der Waals surface area contributed by atoms with E-state index in [2.05, 4.69) is 0 Å². The number of carbonyl (C=O) groups is 1. The van der Waals surface area contributed by atoms with Gasteiger partial charge in [-0.15, -0.1) is 0 Å². The van der Waals surface area contributed by atoms with Crippen LogP contribution in [0.15, 0.2) is 36.1 Å². The van der Waals surface area contributed by atoms with E-state index in [4.69, 9.17) is 9.63 Å². The Balaban J connectivity index is 2.46. The van der Waals surface area contributed by atoms with Gasteiger partial charge in [0.15, 0.2) is 0 Å². The Morgan fingerprint density at radius 2 is 1.90 bits per heavy atom. The van der Waals surface area contributed by atoms with Crippen LogP contribution in [0.2, 0.25) is 0 Å². The molecule has 0 fully saturated rings. The van der Waals surface area contributed by atoms with Gasteiger partial charge in [-0.25, -0.2) is 4.39 Å². The molecule has 2 N–H and O–H groups in total. The molecule has 7 heteroatoms. The van der Waals surface area contributed by atoms with Crippen molar-refractivity contribution >= 4 is 19.4 Å². The third-order valence-corrected chi connectivity index (χ3v) is 6.80. The van der Waals surface area contributed by atoms with Crippen molar-refractivity contribution in [1.29, 1.82) is 0 Å². The first-order valence-corrected chi connectivity index (χ1v) is 11.0. The van der Waals surface area contributed by atoms with Crippen LogP contribution in [-0.4, -0.2) is 35.6 Å². The maximum absolute atomic E-state index is 13.7. The van der Waals surface area contributed by atoms with Gasteiger partial charge in [0, 0.05) is 12.9 Å². The van der Waals surface area contributed by atoms with Crippen molar-refractivity contribution in [3.63, 3.8) is 0 Å². The first-order valence-electron chi connectivity index (χ1n) is 9.16. The zero-order valence-corrected chi connectivity index (χ0v) is 17.9. The number of benzene rings is 2. The lowest BCUT2D eigenvalue weighted by atomic mass is 9.93. The maximum atomic E-state index is 13.7. The zero-order valence-electron chi connectivity index (χ0n) is 17.0. The van der Waals surface area contributed by atoms with Gasteiger partial charge >= 0.3 is 5.97 Å². The highest BCUT2D eigenvalue weighted by Crippen LogP contribution is 2.49. The number of hydrogen-bond donors (Lipinski definition) is 2. The van der Waals surface area contributed by atoms with Crippen molar-refractivity contribution in [2.75, 3.05) is 13.3 Å². The number of aliphatic carboxylic acids is 1. The molecular weight excluding hydrogens is 394 g/mol. The fourth-order valence-corrected chi connectivity index (χ4v) is 4.68. The van der Waals surface area contributed by atoms with Crippen LogP contribution in [-0.2, 0) is 13.9 Å². The molecular formula is C22H26FO5P. The second-order valence-electron chi connectivity index (χ2n) is 7.17. The quantitative estimate of drug-likeness (QED) is 0.577. The van der Waals surface area contributed by atoms with Gasteiger partial charge in [-0.05, 0) is 66.8 Å². The summed E-state index contributed by atoms with van der Waals surface area (Å²) in [5.74, 6) is -0.0608. The molecule has 2 rings (SSSR count). The Hall–Kier alpha value is -2.27. The van der Waals surface area contributed by atoms with Gasteiger partial charge in [0.05, 0.1) is 18.7 Å². The number of aryl methyl sites for hydroxylation is 3. The molecule has 0 aliphatic carbocycles. The summed E-state index contributed by atoms with van der Waals surface area (Å²) in [4.78, 5) is 10.8. The van der Waals surface area contributed by atoms with Gasteiger partial charge < -0.3 is 14.7 Å². The Labute approximate surface area is 170 Å². The molecule has 0 aliphatic heterocycles. The predicted octanol–water partition coefficient (Wildman–Crippen LogP) is 5.15. The summed E-state index contributed by atoms with van der Waals surface area (Å²) in [5, 5.41) is 18.7. The van der Waals surface area contributed by atoms with Gasteiger partial charge in [0.2, 0.25) is 7.37 Å². The average molecular weight is 420 g/mol. The molecule has 29 heavy (non-hydrogen) atoms. The summed E-state index contributed by atoms with van der Waals surface area (Å²) in [6, 6.07) is 8.82. The number of hydrogen-bond acceptors (Lipinski definition) is 4. The minimum Gasteiger partial charge on any atom is -0.481 e. The Kier molecular flexibility index (Phi) is 7.53. The number of halogens is 1.